The zero-order valence-corrected chi connectivity index (χ0v) is 42.1. The number of esters is 2. The topological polar surface area (TPSA) is 111 Å². The number of unbranched alkanes of at least 4 members (excludes halogenated alkanes) is 17. The molecule has 0 saturated heterocycles. The zero-order valence-electron chi connectivity index (χ0n) is 42.1. The summed E-state index contributed by atoms with van der Waals surface area (Å²) in [7, 11) is 5.90. The monoisotopic (exact) mass is 910 g/mol. The first-order valence-electron chi connectivity index (χ1n) is 25.7. The highest BCUT2D eigenvalue weighted by atomic mass is 16.7. The lowest BCUT2D eigenvalue weighted by atomic mass is 10.0. The van der Waals surface area contributed by atoms with Gasteiger partial charge in [-0.15, -0.1) is 0 Å². The Morgan fingerprint density at radius 2 is 0.831 bits per heavy atom. The Labute approximate surface area is 398 Å². The minimum absolute atomic E-state index is 0.140. The van der Waals surface area contributed by atoms with Crippen LogP contribution in [0.5, 0.6) is 0 Å². The van der Waals surface area contributed by atoms with Crippen molar-refractivity contribution in [2.45, 2.75) is 206 Å². The van der Waals surface area contributed by atoms with E-state index in [1.807, 2.05) is 21.1 Å². The molecule has 0 saturated carbocycles. The second-order valence-corrected chi connectivity index (χ2v) is 18.0. The Morgan fingerprint density at radius 3 is 1.23 bits per heavy atom. The summed E-state index contributed by atoms with van der Waals surface area (Å²) in [6.07, 6.45) is 57.6. The van der Waals surface area contributed by atoms with Crippen LogP contribution in [-0.2, 0) is 33.3 Å². The molecule has 2 atom stereocenters. The summed E-state index contributed by atoms with van der Waals surface area (Å²) in [4.78, 5) is 37.1. The van der Waals surface area contributed by atoms with E-state index < -0.39 is 24.3 Å². The maximum Gasteiger partial charge on any atom is 0.306 e. The largest absolute Gasteiger partial charge is 0.545 e. The van der Waals surface area contributed by atoms with Gasteiger partial charge < -0.3 is 33.3 Å². The number of hydrogen-bond donors (Lipinski definition) is 0. The fourth-order valence-corrected chi connectivity index (χ4v) is 6.72. The lowest BCUT2D eigenvalue weighted by Gasteiger charge is -2.26. The summed E-state index contributed by atoms with van der Waals surface area (Å²) in [5.41, 5.74) is 0. The predicted octanol–water partition coefficient (Wildman–Crippen LogP) is 13.1. The van der Waals surface area contributed by atoms with E-state index >= 15 is 0 Å². The third kappa shape index (κ3) is 48.2. The van der Waals surface area contributed by atoms with E-state index in [2.05, 4.69) is 98.9 Å². The second kappa shape index (κ2) is 47.0. The number of allylic oxidation sites excluding steroid dienone is 14. The number of carboxylic acids is 1. The van der Waals surface area contributed by atoms with Gasteiger partial charge in [-0.25, -0.2) is 0 Å². The van der Waals surface area contributed by atoms with Crippen LogP contribution in [0.3, 0.4) is 0 Å². The number of carboxylic acid groups (broad SMARTS) is 1. The first-order valence-corrected chi connectivity index (χ1v) is 25.7. The first-order chi connectivity index (χ1) is 31.6. The Balaban J connectivity index is 4.32. The molecule has 0 aliphatic rings. The molecular formula is C56H95NO8. The molecule has 0 aliphatic carbocycles. The van der Waals surface area contributed by atoms with Crippen LogP contribution in [0.15, 0.2) is 85.1 Å². The van der Waals surface area contributed by atoms with Gasteiger partial charge in [-0.05, 0) is 83.5 Å². The Morgan fingerprint density at radius 1 is 0.462 bits per heavy atom. The third-order valence-corrected chi connectivity index (χ3v) is 10.6. The van der Waals surface area contributed by atoms with Gasteiger partial charge >= 0.3 is 11.9 Å². The van der Waals surface area contributed by atoms with E-state index in [0.29, 0.717) is 23.9 Å². The summed E-state index contributed by atoms with van der Waals surface area (Å²) >= 11 is 0. The van der Waals surface area contributed by atoms with Crippen LogP contribution in [0.2, 0.25) is 0 Å². The molecule has 0 aromatic heterocycles. The molecule has 0 aromatic carbocycles. The van der Waals surface area contributed by atoms with Crippen molar-refractivity contribution in [2.24, 2.45) is 0 Å². The number of aliphatic carboxylic acids is 1. The molecule has 0 fully saturated rings. The maximum absolute atomic E-state index is 12.8. The second-order valence-electron chi connectivity index (χ2n) is 18.0. The van der Waals surface area contributed by atoms with E-state index in [4.69, 9.17) is 18.9 Å². The minimum Gasteiger partial charge on any atom is -0.545 e. The molecular weight excluding hydrogens is 815 g/mol. The molecule has 0 radical (unpaired) electrons. The molecule has 0 aromatic rings. The average Bonchev–Trinajstić information content (AvgIpc) is 3.27. The van der Waals surface area contributed by atoms with E-state index in [-0.39, 0.29) is 38.6 Å². The fourth-order valence-electron chi connectivity index (χ4n) is 6.72. The van der Waals surface area contributed by atoms with Gasteiger partial charge in [0.1, 0.15) is 13.2 Å². The van der Waals surface area contributed by atoms with Crippen molar-refractivity contribution in [3.05, 3.63) is 85.1 Å². The Kier molecular flexibility index (Phi) is 44.4. The third-order valence-electron chi connectivity index (χ3n) is 10.6. The van der Waals surface area contributed by atoms with E-state index in [9.17, 15) is 19.5 Å². The van der Waals surface area contributed by atoms with Crippen LogP contribution in [0, 0.1) is 0 Å². The van der Waals surface area contributed by atoms with E-state index in [1.165, 1.54) is 57.8 Å². The maximum atomic E-state index is 12.8. The number of hydrogen-bond acceptors (Lipinski definition) is 8. The van der Waals surface area contributed by atoms with E-state index in [1.54, 1.807) is 0 Å². The van der Waals surface area contributed by atoms with Crippen molar-refractivity contribution in [3.8, 4) is 0 Å². The van der Waals surface area contributed by atoms with Gasteiger partial charge in [0.25, 0.3) is 0 Å². The van der Waals surface area contributed by atoms with Crippen LogP contribution < -0.4 is 5.11 Å². The molecule has 2 unspecified atom stereocenters. The summed E-state index contributed by atoms with van der Waals surface area (Å²) in [5, 5.41) is 11.7. The minimum atomic E-state index is -1.63. The highest BCUT2D eigenvalue weighted by molar-refractivity contribution is 5.70. The normalized spacial score (nSPS) is 13.6. The van der Waals surface area contributed by atoms with Crippen LogP contribution in [0.1, 0.15) is 194 Å². The number of nitrogens with zero attached hydrogens (tertiary/aromatic N) is 1. The predicted molar refractivity (Wildman–Crippen MR) is 269 cm³/mol. The van der Waals surface area contributed by atoms with Crippen LogP contribution in [0.4, 0.5) is 0 Å². The highest BCUT2D eigenvalue weighted by Gasteiger charge is 2.21. The van der Waals surface area contributed by atoms with Gasteiger partial charge in [0.15, 0.2) is 12.4 Å². The Bertz CT molecular complexity index is 1340. The molecule has 0 aliphatic heterocycles. The molecule has 9 heteroatoms. The lowest BCUT2D eigenvalue weighted by molar-refractivity contribution is -0.870. The van der Waals surface area contributed by atoms with Crippen molar-refractivity contribution >= 4 is 17.9 Å². The lowest BCUT2D eigenvalue weighted by Crippen LogP contribution is -2.44. The van der Waals surface area contributed by atoms with Crippen molar-refractivity contribution in [2.75, 3.05) is 47.5 Å². The van der Waals surface area contributed by atoms with Gasteiger partial charge in [-0.1, -0.05) is 182 Å². The zero-order chi connectivity index (χ0) is 47.7. The molecule has 0 amide bonds. The van der Waals surface area contributed by atoms with Gasteiger partial charge in [-0.2, -0.15) is 0 Å². The molecule has 0 heterocycles. The molecule has 0 spiro atoms. The number of likely N-dealkylation sites (N-methyl/N-ethyl adjacent to an activating group) is 1. The standard InChI is InChI=1S/C56H95NO8/c1-6-8-10-12-14-16-18-20-22-23-24-25-26-27-28-29-30-31-33-35-37-39-41-43-45-47-54(59)65-52(51-64-56(55(60)61)62-49-48-57(3,4)5)50-63-53(58)46-44-42-40-38-36-34-32-21-19-17-15-13-11-9-7-2/h8-11,14-17,20-22,24-25,32,52,56H,6-7,12-13,18-19,23,26-31,33-51H2,1-5H3/b10-8-,11-9-,16-14-,17-15-,22-20-,25-24-,32-21-. The van der Waals surface area contributed by atoms with Crippen LogP contribution in [0.25, 0.3) is 0 Å². The summed E-state index contributed by atoms with van der Waals surface area (Å²) < 4.78 is 22.6. The fraction of sp³-hybridized carbons (Fsp3) is 0.696. The average molecular weight is 910 g/mol. The summed E-state index contributed by atoms with van der Waals surface area (Å²) in [6.45, 7) is 4.49. The van der Waals surface area contributed by atoms with Gasteiger partial charge in [0.2, 0.25) is 0 Å². The summed E-state index contributed by atoms with van der Waals surface area (Å²) in [5.74, 6) is -2.32. The van der Waals surface area contributed by atoms with Gasteiger partial charge in [-0.3, -0.25) is 9.59 Å². The molecule has 65 heavy (non-hydrogen) atoms. The molecule has 0 bridgehead atoms. The van der Waals surface area contributed by atoms with Crippen molar-refractivity contribution in [3.63, 3.8) is 0 Å². The molecule has 9 nitrogen and oxygen atoms in total. The van der Waals surface area contributed by atoms with Gasteiger partial charge in [0.05, 0.1) is 40.3 Å². The van der Waals surface area contributed by atoms with Crippen molar-refractivity contribution in [1.29, 1.82) is 0 Å². The first kappa shape index (κ1) is 61.5. The number of carbonyl (C=O) groups is 3. The molecule has 0 rings (SSSR count). The highest BCUT2D eigenvalue weighted by Crippen LogP contribution is 2.15. The SMILES string of the molecule is CC/C=C\C/C=C\C/C=C\C/C=C\CCCCCCCCCCCCCCC(=O)OC(COC(=O)CCCCCCC/C=C\C/C=C\C/C=C\CC)COC(OCC[N+](C)(C)C)C(=O)[O-]. The Hall–Kier alpha value is -3.53. The summed E-state index contributed by atoms with van der Waals surface area (Å²) in [6, 6.07) is 0. The number of quaternary nitrogens is 1. The molecule has 372 valence electrons. The molecule has 0 N–H and O–H groups in total. The smallest absolute Gasteiger partial charge is 0.306 e. The van der Waals surface area contributed by atoms with Gasteiger partial charge in [0, 0.05) is 12.8 Å². The number of rotatable bonds is 46. The van der Waals surface area contributed by atoms with E-state index in [0.717, 1.165) is 96.3 Å². The number of carbonyl (C=O) groups excluding carboxylic acids is 3. The van der Waals surface area contributed by atoms with Crippen molar-refractivity contribution < 1.29 is 42.9 Å². The van der Waals surface area contributed by atoms with Crippen LogP contribution >= 0.6 is 0 Å². The van der Waals surface area contributed by atoms with Crippen LogP contribution in [-0.4, -0.2) is 82.3 Å². The quantitative estimate of drug-likeness (QED) is 0.0195. The number of ether oxygens (including phenoxy) is 4. The van der Waals surface area contributed by atoms with Crippen molar-refractivity contribution in [1.82, 2.24) is 0 Å².